The van der Waals surface area contributed by atoms with E-state index < -0.39 is 17.7 Å². The molecule has 0 saturated carbocycles. The third-order valence-electron chi connectivity index (χ3n) is 6.14. The molecule has 1 amide bonds. The van der Waals surface area contributed by atoms with Gasteiger partial charge in [-0.3, -0.25) is 14.5 Å². The number of hydrogen-bond acceptors (Lipinski definition) is 4. The topological polar surface area (TPSA) is 81.4 Å². The van der Waals surface area contributed by atoms with Crippen molar-refractivity contribution in [2.75, 3.05) is 4.90 Å². The highest BCUT2D eigenvalue weighted by atomic mass is 16.3. The van der Waals surface area contributed by atoms with E-state index in [0.29, 0.717) is 22.4 Å². The van der Waals surface area contributed by atoms with Crippen LogP contribution in [0, 0.1) is 18.3 Å². The molecule has 34 heavy (non-hydrogen) atoms. The normalized spacial score (nSPS) is 17.6. The van der Waals surface area contributed by atoms with E-state index in [1.165, 1.54) is 4.90 Å². The lowest BCUT2D eigenvalue weighted by Crippen LogP contribution is -2.29. The van der Waals surface area contributed by atoms with Crippen LogP contribution in [0.15, 0.2) is 78.4 Å². The van der Waals surface area contributed by atoms with Gasteiger partial charge in [-0.1, -0.05) is 74.9 Å². The molecule has 1 N–H and O–H groups in total. The molecular weight excluding hydrogens is 424 g/mol. The summed E-state index contributed by atoms with van der Waals surface area (Å²) in [5, 5.41) is 20.3. The minimum absolute atomic E-state index is 0.0433. The van der Waals surface area contributed by atoms with Crippen molar-refractivity contribution in [3.05, 3.63) is 106 Å². The van der Waals surface area contributed by atoms with Gasteiger partial charge in [0.25, 0.3) is 11.7 Å². The van der Waals surface area contributed by atoms with Crippen molar-refractivity contribution >= 4 is 23.1 Å². The molecule has 1 aliphatic heterocycles. The number of aryl methyl sites for hydroxylation is 1. The van der Waals surface area contributed by atoms with Crippen LogP contribution in [0.2, 0.25) is 0 Å². The molecule has 170 valence electrons. The van der Waals surface area contributed by atoms with Gasteiger partial charge in [0.15, 0.2) is 0 Å². The van der Waals surface area contributed by atoms with Crippen LogP contribution in [0.25, 0.3) is 5.76 Å². The fourth-order valence-electron chi connectivity index (χ4n) is 4.14. The predicted molar refractivity (Wildman–Crippen MR) is 132 cm³/mol. The largest absolute Gasteiger partial charge is 0.507 e. The molecule has 0 aromatic heterocycles. The average molecular weight is 451 g/mol. The molecule has 1 fully saturated rings. The van der Waals surface area contributed by atoms with Crippen LogP contribution < -0.4 is 4.90 Å². The van der Waals surface area contributed by atoms with E-state index in [4.69, 9.17) is 5.26 Å². The molecule has 0 aliphatic carbocycles. The molecule has 4 rings (SSSR count). The van der Waals surface area contributed by atoms with Gasteiger partial charge in [-0.15, -0.1) is 0 Å². The van der Waals surface area contributed by atoms with E-state index in [2.05, 4.69) is 26.8 Å². The van der Waals surface area contributed by atoms with Crippen molar-refractivity contribution in [3.8, 4) is 6.07 Å². The zero-order chi connectivity index (χ0) is 24.6. The number of hydrogen-bond donors (Lipinski definition) is 1. The maximum Gasteiger partial charge on any atom is 0.300 e. The number of carbonyl (C=O) groups is 2. The lowest BCUT2D eigenvalue weighted by molar-refractivity contribution is -0.132. The van der Waals surface area contributed by atoms with E-state index in [1.807, 2.05) is 43.3 Å². The van der Waals surface area contributed by atoms with Crippen molar-refractivity contribution in [2.24, 2.45) is 0 Å². The van der Waals surface area contributed by atoms with Crippen molar-refractivity contribution in [1.29, 1.82) is 5.26 Å². The first-order valence-corrected chi connectivity index (χ1v) is 11.1. The second-order valence-electron chi connectivity index (χ2n) is 9.57. The highest BCUT2D eigenvalue weighted by Gasteiger charge is 2.47. The van der Waals surface area contributed by atoms with Crippen LogP contribution in [-0.4, -0.2) is 16.8 Å². The molecule has 1 aliphatic rings. The summed E-state index contributed by atoms with van der Waals surface area (Å²) in [6.07, 6.45) is 0. The Labute approximate surface area is 199 Å². The smallest absolute Gasteiger partial charge is 0.300 e. The first kappa shape index (κ1) is 23.0. The van der Waals surface area contributed by atoms with Crippen LogP contribution in [-0.2, 0) is 15.0 Å². The van der Waals surface area contributed by atoms with Crippen molar-refractivity contribution in [3.63, 3.8) is 0 Å². The summed E-state index contributed by atoms with van der Waals surface area (Å²) in [5.41, 5.74) is 4.23. The summed E-state index contributed by atoms with van der Waals surface area (Å²) in [6.45, 7) is 8.27. The van der Waals surface area contributed by atoms with E-state index in [-0.39, 0.29) is 16.7 Å². The molecule has 3 aromatic rings. The van der Waals surface area contributed by atoms with E-state index in [1.54, 1.807) is 36.4 Å². The van der Waals surface area contributed by atoms with Crippen LogP contribution in [0.3, 0.4) is 0 Å². The molecule has 1 atom stereocenters. The second-order valence-corrected chi connectivity index (χ2v) is 9.57. The average Bonchev–Trinajstić information content (AvgIpc) is 3.09. The highest BCUT2D eigenvalue weighted by molar-refractivity contribution is 6.51. The number of nitriles is 1. The van der Waals surface area contributed by atoms with Crippen LogP contribution >= 0.6 is 0 Å². The number of nitrogens with zero attached hydrogens (tertiary/aromatic N) is 2. The zero-order valence-corrected chi connectivity index (χ0v) is 19.7. The first-order valence-electron chi connectivity index (χ1n) is 11.1. The molecule has 1 saturated heterocycles. The van der Waals surface area contributed by atoms with Crippen LogP contribution in [0.1, 0.15) is 54.6 Å². The Morgan fingerprint density at radius 2 is 1.50 bits per heavy atom. The SMILES string of the molecule is Cc1ccc(/C(O)=C2/C(=O)C(=O)N(c3ccc(C#N)cc3)C2c2ccc(C(C)(C)C)cc2)cc1. The summed E-state index contributed by atoms with van der Waals surface area (Å²) in [5.74, 6) is -1.67. The Balaban J connectivity index is 1.91. The minimum Gasteiger partial charge on any atom is -0.507 e. The molecule has 5 heteroatoms. The van der Waals surface area contributed by atoms with Crippen molar-refractivity contribution in [1.82, 2.24) is 0 Å². The zero-order valence-electron chi connectivity index (χ0n) is 19.7. The first-order chi connectivity index (χ1) is 16.1. The van der Waals surface area contributed by atoms with E-state index in [9.17, 15) is 14.7 Å². The van der Waals surface area contributed by atoms with Gasteiger partial charge in [-0.2, -0.15) is 5.26 Å². The fourth-order valence-corrected chi connectivity index (χ4v) is 4.14. The predicted octanol–water partition coefficient (Wildman–Crippen LogP) is 5.79. The summed E-state index contributed by atoms with van der Waals surface area (Å²) in [4.78, 5) is 27.9. The summed E-state index contributed by atoms with van der Waals surface area (Å²) < 4.78 is 0. The molecule has 0 bridgehead atoms. The lowest BCUT2D eigenvalue weighted by atomic mass is 9.85. The molecule has 1 unspecified atom stereocenters. The quantitative estimate of drug-likeness (QED) is 0.311. The van der Waals surface area contributed by atoms with Gasteiger partial charge < -0.3 is 5.11 Å². The third-order valence-corrected chi connectivity index (χ3v) is 6.14. The van der Waals surface area contributed by atoms with Gasteiger partial charge >= 0.3 is 0 Å². The Hall–Kier alpha value is -4.17. The standard InChI is InChI=1S/C29H26N2O3/c1-18-5-9-21(10-6-18)26(32)24-25(20-11-13-22(14-12-20)29(2,3)4)31(28(34)27(24)33)23-15-7-19(17-30)8-16-23/h5-16,25,32H,1-4H3/b26-24-. The number of aliphatic hydroxyl groups excluding tert-OH is 1. The van der Waals surface area contributed by atoms with Crippen LogP contribution in [0.4, 0.5) is 5.69 Å². The van der Waals surface area contributed by atoms with E-state index in [0.717, 1.165) is 11.1 Å². The maximum absolute atomic E-state index is 13.2. The van der Waals surface area contributed by atoms with Gasteiger partial charge in [0.05, 0.1) is 23.2 Å². The van der Waals surface area contributed by atoms with E-state index >= 15 is 0 Å². The monoisotopic (exact) mass is 450 g/mol. The van der Waals surface area contributed by atoms with Gasteiger partial charge in [-0.05, 0) is 47.7 Å². The number of ketones is 1. The van der Waals surface area contributed by atoms with Gasteiger partial charge in [0.1, 0.15) is 5.76 Å². The maximum atomic E-state index is 13.2. The number of carbonyl (C=O) groups excluding carboxylic acids is 2. The molecule has 3 aromatic carbocycles. The molecule has 1 heterocycles. The molecule has 0 spiro atoms. The Morgan fingerprint density at radius 3 is 2.03 bits per heavy atom. The minimum atomic E-state index is -0.803. The number of benzene rings is 3. The third kappa shape index (κ3) is 4.11. The molecular formula is C29H26N2O3. The van der Waals surface area contributed by atoms with Crippen molar-refractivity contribution in [2.45, 2.75) is 39.2 Å². The fraction of sp³-hybridized carbons (Fsp3) is 0.207. The highest BCUT2D eigenvalue weighted by Crippen LogP contribution is 2.42. The van der Waals surface area contributed by atoms with Crippen molar-refractivity contribution < 1.29 is 14.7 Å². The number of anilines is 1. The lowest BCUT2D eigenvalue weighted by Gasteiger charge is -2.26. The Bertz CT molecular complexity index is 1320. The van der Waals surface area contributed by atoms with Gasteiger partial charge in [0, 0.05) is 11.3 Å². The van der Waals surface area contributed by atoms with Gasteiger partial charge in [0.2, 0.25) is 0 Å². The number of amides is 1. The summed E-state index contributed by atoms with van der Waals surface area (Å²) in [7, 11) is 0. The second kappa shape index (κ2) is 8.64. The summed E-state index contributed by atoms with van der Waals surface area (Å²) >= 11 is 0. The summed E-state index contributed by atoms with van der Waals surface area (Å²) in [6, 6.07) is 22.7. The molecule has 0 radical (unpaired) electrons. The Morgan fingerprint density at radius 1 is 0.912 bits per heavy atom. The number of aliphatic hydroxyl groups is 1. The van der Waals surface area contributed by atoms with Gasteiger partial charge in [-0.25, -0.2) is 0 Å². The number of Topliss-reactive ketones (excluding diaryl/α,β-unsaturated/α-hetero) is 1. The van der Waals surface area contributed by atoms with Crippen LogP contribution in [0.5, 0.6) is 0 Å². The Kier molecular flexibility index (Phi) is 5.85. The number of rotatable bonds is 3. The molecule has 5 nitrogen and oxygen atoms in total.